The summed E-state index contributed by atoms with van der Waals surface area (Å²) in [7, 11) is 0. The smallest absolute Gasteiger partial charge is 0.0410 e. The van der Waals surface area contributed by atoms with Crippen LogP contribution >= 0.6 is 11.6 Å². The first kappa shape index (κ1) is 9.40. The van der Waals surface area contributed by atoms with Crippen LogP contribution in [0.15, 0.2) is 18.2 Å². The lowest BCUT2D eigenvalue weighted by Crippen LogP contribution is -1.97. The van der Waals surface area contributed by atoms with E-state index in [0.717, 1.165) is 22.7 Å². The van der Waals surface area contributed by atoms with Gasteiger partial charge in [0.25, 0.3) is 0 Å². The van der Waals surface area contributed by atoms with Crippen molar-refractivity contribution in [3.63, 3.8) is 0 Å². The molecule has 0 heterocycles. The minimum absolute atomic E-state index is 0.750. The molecule has 0 aromatic heterocycles. The van der Waals surface area contributed by atoms with Gasteiger partial charge in [0.15, 0.2) is 0 Å². The fourth-order valence-corrected chi connectivity index (χ4v) is 1.30. The Labute approximate surface area is 78.5 Å². The van der Waals surface area contributed by atoms with Crippen LogP contribution in [0.4, 0.5) is 5.69 Å². The molecule has 0 aliphatic heterocycles. The zero-order valence-electron chi connectivity index (χ0n) is 7.39. The fourth-order valence-electron chi connectivity index (χ4n) is 1.11. The van der Waals surface area contributed by atoms with Crippen LogP contribution in [0.25, 0.3) is 0 Å². The second-order valence-corrected chi connectivity index (χ2v) is 3.66. The van der Waals surface area contributed by atoms with E-state index in [-0.39, 0.29) is 0 Å². The van der Waals surface area contributed by atoms with Gasteiger partial charge in [0.1, 0.15) is 0 Å². The maximum Gasteiger partial charge on any atom is 0.0410 e. The van der Waals surface area contributed by atoms with Crippen LogP contribution in [0.3, 0.4) is 0 Å². The summed E-state index contributed by atoms with van der Waals surface area (Å²) in [5, 5.41) is 0.750. The first-order valence-corrected chi connectivity index (χ1v) is 4.30. The highest BCUT2D eigenvalue weighted by Crippen LogP contribution is 2.21. The van der Waals surface area contributed by atoms with Crippen molar-refractivity contribution in [1.82, 2.24) is 0 Å². The second kappa shape index (κ2) is 3.81. The van der Waals surface area contributed by atoms with Crippen LogP contribution in [0.1, 0.15) is 19.4 Å². The Hall–Kier alpha value is -0.690. The van der Waals surface area contributed by atoms with E-state index in [1.807, 2.05) is 18.2 Å². The van der Waals surface area contributed by atoms with E-state index >= 15 is 0 Å². The summed E-state index contributed by atoms with van der Waals surface area (Å²) in [5.74, 6) is 1.34. The Balaban J connectivity index is 2.90. The molecule has 0 amide bonds. The molecule has 1 nitrogen and oxygen atoms in total. The van der Waals surface area contributed by atoms with Crippen molar-refractivity contribution in [2.24, 2.45) is 0 Å². The second-order valence-electron chi connectivity index (χ2n) is 3.23. The number of anilines is 1. The van der Waals surface area contributed by atoms with Crippen molar-refractivity contribution >= 4 is 17.3 Å². The summed E-state index contributed by atoms with van der Waals surface area (Å²) in [5.41, 5.74) is 7.70. The van der Waals surface area contributed by atoms with E-state index in [9.17, 15) is 0 Å². The predicted molar refractivity (Wildman–Crippen MR) is 54.2 cm³/mol. The zero-order valence-corrected chi connectivity index (χ0v) is 8.15. The lowest BCUT2D eigenvalue weighted by atomic mass is 10.0. The third-order valence-electron chi connectivity index (χ3n) is 1.65. The number of hydrogen-bond donors (Lipinski definition) is 1. The average molecular weight is 183 g/mol. The van der Waals surface area contributed by atoms with Crippen LogP contribution in [-0.4, -0.2) is 0 Å². The third kappa shape index (κ3) is 2.42. The molecule has 65 valence electrons. The highest BCUT2D eigenvalue weighted by Gasteiger charge is 2.02. The molecule has 0 aliphatic rings. The largest absolute Gasteiger partial charge is 0.399 e. The van der Waals surface area contributed by atoms with E-state index < -0.39 is 0 Å². The topological polar surface area (TPSA) is 26.0 Å². The van der Waals surface area contributed by atoms with Gasteiger partial charge >= 0.3 is 0 Å². The maximum atomic E-state index is 5.84. The van der Waals surface area contributed by atoms with Crippen molar-refractivity contribution in [2.45, 2.75) is 20.3 Å². The quantitative estimate of drug-likeness (QED) is 0.699. The number of hydrogen-bond acceptors (Lipinski definition) is 1. The molecule has 0 bridgehead atoms. The van der Waals surface area contributed by atoms with Gasteiger partial charge in [-0.05, 0) is 36.1 Å². The molecule has 1 radical (unpaired) electrons. The van der Waals surface area contributed by atoms with Gasteiger partial charge in [-0.25, -0.2) is 0 Å². The van der Waals surface area contributed by atoms with Crippen molar-refractivity contribution in [3.05, 3.63) is 34.7 Å². The number of benzene rings is 1. The van der Waals surface area contributed by atoms with Gasteiger partial charge in [-0.1, -0.05) is 25.4 Å². The van der Waals surface area contributed by atoms with Crippen molar-refractivity contribution in [1.29, 1.82) is 0 Å². The molecule has 2 heteroatoms. The van der Waals surface area contributed by atoms with Gasteiger partial charge in [-0.15, -0.1) is 0 Å². The molecule has 0 atom stereocenters. The summed E-state index contributed by atoms with van der Waals surface area (Å²) >= 11 is 5.84. The Morgan fingerprint density at radius 1 is 1.42 bits per heavy atom. The zero-order chi connectivity index (χ0) is 9.14. The molecule has 1 rings (SSSR count). The highest BCUT2D eigenvalue weighted by atomic mass is 35.5. The first-order valence-electron chi connectivity index (χ1n) is 3.92. The number of rotatable bonds is 2. The first-order chi connectivity index (χ1) is 5.59. The van der Waals surface area contributed by atoms with Crippen LogP contribution in [-0.2, 0) is 6.42 Å². The Morgan fingerprint density at radius 3 is 2.67 bits per heavy atom. The van der Waals surface area contributed by atoms with E-state index in [2.05, 4.69) is 13.8 Å². The molecule has 0 aliphatic carbocycles. The molecule has 2 N–H and O–H groups in total. The molecule has 0 saturated carbocycles. The normalized spacial score (nSPS) is 10.7. The van der Waals surface area contributed by atoms with E-state index in [1.54, 1.807) is 0 Å². The van der Waals surface area contributed by atoms with E-state index in [4.69, 9.17) is 17.3 Å². The lowest BCUT2D eigenvalue weighted by molar-refractivity contribution is 0.959. The van der Waals surface area contributed by atoms with Crippen molar-refractivity contribution in [3.8, 4) is 0 Å². The molecule has 1 aromatic rings. The van der Waals surface area contributed by atoms with E-state index in [1.165, 1.54) is 5.92 Å². The summed E-state index contributed by atoms with van der Waals surface area (Å²) < 4.78 is 0. The third-order valence-corrected chi connectivity index (χ3v) is 1.88. The fraction of sp³-hybridized carbons (Fsp3) is 0.300. The molecular weight excluding hydrogens is 170 g/mol. The molecule has 0 saturated heterocycles. The van der Waals surface area contributed by atoms with Gasteiger partial charge in [0, 0.05) is 10.7 Å². The number of halogens is 1. The monoisotopic (exact) mass is 182 g/mol. The molecule has 12 heavy (non-hydrogen) atoms. The molecular formula is C10H13ClN. The van der Waals surface area contributed by atoms with Crippen molar-refractivity contribution in [2.75, 3.05) is 5.73 Å². The standard InChI is InChI=1S/C10H13ClN/c1-7(2)5-8-6-9(11)3-4-10(8)12/h3-4,6H,5,12H2,1-2H3. The summed E-state index contributed by atoms with van der Waals surface area (Å²) in [4.78, 5) is 0. The van der Waals surface area contributed by atoms with Crippen LogP contribution in [0, 0.1) is 5.92 Å². The number of nitrogen functional groups attached to an aromatic ring is 1. The van der Waals surface area contributed by atoms with Gasteiger partial charge < -0.3 is 5.73 Å². The minimum atomic E-state index is 0.750. The molecule has 0 unspecified atom stereocenters. The molecule has 0 fully saturated rings. The number of nitrogens with two attached hydrogens (primary N) is 1. The minimum Gasteiger partial charge on any atom is -0.399 e. The molecule has 1 aromatic carbocycles. The molecule has 0 spiro atoms. The van der Waals surface area contributed by atoms with Crippen molar-refractivity contribution < 1.29 is 0 Å². The SMILES string of the molecule is C[C](C)Cc1cc(Cl)ccc1N. The Bertz CT molecular complexity index is 269. The highest BCUT2D eigenvalue weighted by molar-refractivity contribution is 6.30. The van der Waals surface area contributed by atoms with Gasteiger partial charge in [-0.2, -0.15) is 0 Å². The summed E-state index contributed by atoms with van der Waals surface area (Å²) in [6, 6.07) is 5.58. The summed E-state index contributed by atoms with van der Waals surface area (Å²) in [6.45, 7) is 4.17. The average Bonchev–Trinajstić information content (AvgIpc) is 1.96. The predicted octanol–water partition coefficient (Wildman–Crippen LogP) is 3.08. The van der Waals surface area contributed by atoms with Crippen LogP contribution in [0.2, 0.25) is 5.02 Å². The van der Waals surface area contributed by atoms with Gasteiger partial charge in [0.2, 0.25) is 0 Å². The van der Waals surface area contributed by atoms with Gasteiger partial charge in [-0.3, -0.25) is 0 Å². The van der Waals surface area contributed by atoms with Crippen LogP contribution in [0.5, 0.6) is 0 Å². The Kier molecular flexibility index (Phi) is 2.99. The Morgan fingerprint density at radius 2 is 2.08 bits per heavy atom. The van der Waals surface area contributed by atoms with Crippen LogP contribution < -0.4 is 5.73 Å². The summed E-state index contributed by atoms with van der Waals surface area (Å²) in [6.07, 6.45) is 0.909. The maximum absolute atomic E-state index is 5.84. The van der Waals surface area contributed by atoms with E-state index in [0.29, 0.717) is 0 Å². The van der Waals surface area contributed by atoms with Gasteiger partial charge in [0.05, 0.1) is 0 Å². The lowest BCUT2D eigenvalue weighted by Gasteiger charge is -2.07.